The third-order valence-corrected chi connectivity index (χ3v) is 5.91. The van der Waals surface area contributed by atoms with Crippen molar-refractivity contribution in [2.75, 3.05) is 32.9 Å². The summed E-state index contributed by atoms with van der Waals surface area (Å²) < 4.78 is 16.5. The van der Waals surface area contributed by atoms with E-state index in [0.29, 0.717) is 32.0 Å². The third-order valence-electron chi connectivity index (χ3n) is 5.91. The van der Waals surface area contributed by atoms with Gasteiger partial charge in [-0.05, 0) is 48.6 Å². The van der Waals surface area contributed by atoms with Crippen molar-refractivity contribution in [3.63, 3.8) is 0 Å². The second-order valence-electron chi connectivity index (χ2n) is 8.29. The fourth-order valence-corrected chi connectivity index (χ4v) is 4.03. The summed E-state index contributed by atoms with van der Waals surface area (Å²) in [5.74, 6) is 0.575. The first kappa shape index (κ1) is 22.8. The number of oxazole rings is 1. The SMILES string of the molecule is Cc1oc(-c2ccc3ccccc3c2)nc1CCOC(=O)N1CCC(COCC(=O)O)CC1. The van der Waals surface area contributed by atoms with E-state index in [-0.39, 0.29) is 25.2 Å². The van der Waals surface area contributed by atoms with Crippen LogP contribution in [-0.2, 0) is 20.7 Å². The van der Waals surface area contributed by atoms with Crippen molar-refractivity contribution < 1.29 is 28.6 Å². The van der Waals surface area contributed by atoms with Crippen LogP contribution in [0.5, 0.6) is 0 Å². The van der Waals surface area contributed by atoms with Gasteiger partial charge in [-0.3, -0.25) is 0 Å². The fraction of sp³-hybridized carbons (Fsp3) is 0.400. The quantitative estimate of drug-likeness (QED) is 0.544. The molecule has 174 valence electrons. The van der Waals surface area contributed by atoms with E-state index in [1.165, 1.54) is 0 Å². The maximum atomic E-state index is 12.4. The molecule has 33 heavy (non-hydrogen) atoms. The van der Waals surface area contributed by atoms with Crippen LogP contribution in [0.2, 0.25) is 0 Å². The highest BCUT2D eigenvalue weighted by molar-refractivity contribution is 5.86. The lowest BCUT2D eigenvalue weighted by atomic mass is 9.98. The molecule has 8 heteroatoms. The molecule has 4 rings (SSSR count). The fourth-order valence-electron chi connectivity index (χ4n) is 4.03. The van der Waals surface area contributed by atoms with Gasteiger partial charge >= 0.3 is 12.1 Å². The summed E-state index contributed by atoms with van der Waals surface area (Å²) in [5, 5.41) is 10.9. The summed E-state index contributed by atoms with van der Waals surface area (Å²) in [7, 11) is 0. The molecule has 1 N–H and O–H groups in total. The van der Waals surface area contributed by atoms with E-state index in [1.54, 1.807) is 4.90 Å². The van der Waals surface area contributed by atoms with Crippen LogP contribution < -0.4 is 0 Å². The molecular formula is C25H28N2O6. The molecule has 1 aliphatic heterocycles. The smallest absolute Gasteiger partial charge is 0.409 e. The first-order chi connectivity index (χ1) is 16.0. The number of piperidine rings is 1. The molecule has 8 nitrogen and oxygen atoms in total. The van der Waals surface area contributed by atoms with Gasteiger partial charge in [-0.25, -0.2) is 14.6 Å². The van der Waals surface area contributed by atoms with Gasteiger partial charge in [0.1, 0.15) is 12.4 Å². The Hall–Kier alpha value is -3.39. The highest BCUT2D eigenvalue weighted by Crippen LogP contribution is 2.26. The zero-order valence-electron chi connectivity index (χ0n) is 18.7. The van der Waals surface area contributed by atoms with Crippen LogP contribution in [-0.4, -0.2) is 60.0 Å². The van der Waals surface area contributed by atoms with Crippen molar-refractivity contribution in [1.82, 2.24) is 9.88 Å². The molecule has 1 amide bonds. The van der Waals surface area contributed by atoms with Crippen LogP contribution in [0.1, 0.15) is 24.3 Å². The number of carbonyl (C=O) groups is 2. The van der Waals surface area contributed by atoms with Gasteiger partial charge in [0.05, 0.1) is 18.9 Å². The normalized spacial score (nSPS) is 14.5. The number of aryl methyl sites for hydroxylation is 1. The molecule has 1 aliphatic rings. The molecule has 3 aromatic rings. The van der Waals surface area contributed by atoms with Crippen LogP contribution in [0.3, 0.4) is 0 Å². The second kappa shape index (κ2) is 10.5. The highest BCUT2D eigenvalue weighted by Gasteiger charge is 2.24. The van der Waals surface area contributed by atoms with E-state index in [0.717, 1.165) is 40.6 Å². The molecule has 0 unspecified atom stereocenters. The third kappa shape index (κ3) is 5.90. The number of ether oxygens (including phenoxy) is 2. The Balaban J connectivity index is 1.25. The molecule has 1 aromatic heterocycles. The number of aromatic nitrogens is 1. The average molecular weight is 453 g/mol. The number of carboxylic acids is 1. The number of hydrogen-bond acceptors (Lipinski definition) is 6. The molecule has 0 bridgehead atoms. The van der Waals surface area contributed by atoms with Gasteiger partial charge in [0.2, 0.25) is 5.89 Å². The minimum absolute atomic E-state index is 0.227. The number of nitrogens with zero attached hydrogens (tertiary/aromatic N) is 2. The maximum Gasteiger partial charge on any atom is 0.409 e. The Morgan fingerprint density at radius 1 is 1.15 bits per heavy atom. The van der Waals surface area contributed by atoms with E-state index in [1.807, 2.05) is 31.2 Å². The van der Waals surface area contributed by atoms with Crippen LogP contribution in [0.25, 0.3) is 22.2 Å². The Kier molecular flexibility index (Phi) is 7.24. The molecule has 0 saturated carbocycles. The van der Waals surface area contributed by atoms with Crippen molar-refractivity contribution in [1.29, 1.82) is 0 Å². The lowest BCUT2D eigenvalue weighted by Gasteiger charge is -2.31. The van der Waals surface area contributed by atoms with E-state index in [2.05, 4.69) is 23.2 Å². The number of carbonyl (C=O) groups excluding carboxylic acids is 1. The first-order valence-electron chi connectivity index (χ1n) is 11.2. The van der Waals surface area contributed by atoms with Gasteiger partial charge in [-0.2, -0.15) is 0 Å². The summed E-state index contributed by atoms with van der Waals surface area (Å²) in [6, 6.07) is 14.2. The topological polar surface area (TPSA) is 102 Å². The number of amides is 1. The lowest BCUT2D eigenvalue weighted by molar-refractivity contribution is -0.142. The van der Waals surface area contributed by atoms with Gasteiger partial charge in [0.25, 0.3) is 0 Å². The first-order valence-corrected chi connectivity index (χ1v) is 11.2. The Morgan fingerprint density at radius 3 is 2.67 bits per heavy atom. The van der Waals surface area contributed by atoms with E-state index in [4.69, 9.17) is 19.0 Å². The molecule has 0 spiro atoms. The molecule has 2 heterocycles. The molecule has 0 aliphatic carbocycles. The van der Waals surface area contributed by atoms with Crippen molar-refractivity contribution in [2.45, 2.75) is 26.2 Å². The van der Waals surface area contributed by atoms with Crippen LogP contribution >= 0.6 is 0 Å². The van der Waals surface area contributed by atoms with E-state index >= 15 is 0 Å². The summed E-state index contributed by atoms with van der Waals surface area (Å²) >= 11 is 0. The molecule has 2 aromatic carbocycles. The van der Waals surface area contributed by atoms with Gasteiger partial charge in [-0.15, -0.1) is 0 Å². The molecule has 0 atom stereocenters. The predicted octanol–water partition coefficient (Wildman–Crippen LogP) is 4.30. The summed E-state index contributed by atoms with van der Waals surface area (Å²) in [6.07, 6.45) is 1.68. The Morgan fingerprint density at radius 2 is 1.91 bits per heavy atom. The largest absolute Gasteiger partial charge is 0.480 e. The van der Waals surface area contributed by atoms with E-state index < -0.39 is 5.97 Å². The van der Waals surface area contributed by atoms with Gasteiger partial charge in [-0.1, -0.05) is 30.3 Å². The second-order valence-corrected chi connectivity index (χ2v) is 8.29. The number of benzene rings is 2. The van der Waals surface area contributed by atoms with Crippen LogP contribution in [0.4, 0.5) is 4.79 Å². The number of likely N-dealkylation sites (tertiary alicyclic amines) is 1. The molecule has 1 saturated heterocycles. The lowest BCUT2D eigenvalue weighted by Crippen LogP contribution is -2.40. The van der Waals surface area contributed by atoms with Crippen molar-refractivity contribution in [3.05, 3.63) is 53.9 Å². The molecular weight excluding hydrogens is 424 g/mol. The number of carboxylic acid groups (broad SMARTS) is 1. The van der Waals surface area contributed by atoms with Gasteiger partial charge < -0.3 is 23.9 Å². The standard InChI is InChI=1S/C25H28N2O6/c1-17-22(26-24(33-17)21-7-6-19-4-2-3-5-20(19)14-21)10-13-32-25(30)27-11-8-18(9-12-27)15-31-16-23(28)29/h2-7,14,18H,8-13,15-16H2,1H3,(H,28,29). The molecule has 1 fully saturated rings. The highest BCUT2D eigenvalue weighted by atomic mass is 16.6. The van der Waals surface area contributed by atoms with Crippen molar-refractivity contribution in [3.8, 4) is 11.5 Å². The minimum atomic E-state index is -0.970. The summed E-state index contributed by atoms with van der Waals surface area (Å²) in [6.45, 7) is 3.37. The summed E-state index contributed by atoms with van der Waals surface area (Å²) in [4.78, 5) is 29.2. The Labute approximate surface area is 192 Å². The number of aliphatic carboxylic acids is 1. The van der Waals surface area contributed by atoms with Gasteiger partial charge in [0, 0.05) is 25.1 Å². The van der Waals surface area contributed by atoms with Crippen molar-refractivity contribution >= 4 is 22.8 Å². The predicted molar refractivity (Wildman–Crippen MR) is 122 cm³/mol. The van der Waals surface area contributed by atoms with Crippen LogP contribution in [0.15, 0.2) is 46.9 Å². The van der Waals surface area contributed by atoms with Gasteiger partial charge in [0.15, 0.2) is 0 Å². The monoisotopic (exact) mass is 452 g/mol. The average Bonchev–Trinajstić information content (AvgIpc) is 3.19. The summed E-state index contributed by atoms with van der Waals surface area (Å²) in [5.41, 5.74) is 1.69. The van der Waals surface area contributed by atoms with E-state index in [9.17, 15) is 9.59 Å². The zero-order chi connectivity index (χ0) is 23.2. The molecule has 0 radical (unpaired) electrons. The minimum Gasteiger partial charge on any atom is -0.480 e. The number of fused-ring (bicyclic) bond motifs is 1. The maximum absolute atomic E-state index is 12.4. The van der Waals surface area contributed by atoms with Crippen molar-refractivity contribution in [2.24, 2.45) is 5.92 Å². The van der Waals surface area contributed by atoms with Crippen LogP contribution in [0, 0.1) is 12.8 Å². The number of rotatable bonds is 8. The Bertz CT molecular complexity index is 1120. The zero-order valence-corrected chi connectivity index (χ0v) is 18.7. The number of hydrogen-bond donors (Lipinski definition) is 1.